The zero-order chi connectivity index (χ0) is 20.2. The van der Waals surface area contributed by atoms with E-state index in [4.69, 9.17) is 4.74 Å². The number of ether oxygens (including phenoxy) is 1. The molecule has 1 saturated heterocycles. The van der Waals surface area contributed by atoms with Gasteiger partial charge in [0.2, 0.25) is 0 Å². The molecule has 2 aromatic rings. The molecule has 2 aromatic carbocycles. The molecule has 4 rings (SSSR count). The molecule has 0 saturated carbocycles. The number of amides is 1. The molecule has 5 heteroatoms. The molecule has 0 aromatic heterocycles. The van der Waals surface area contributed by atoms with Crippen molar-refractivity contribution in [2.45, 2.75) is 32.3 Å². The first kappa shape index (κ1) is 19.6. The lowest BCUT2D eigenvalue weighted by Gasteiger charge is -2.30. The van der Waals surface area contributed by atoms with E-state index in [0.29, 0.717) is 24.1 Å². The van der Waals surface area contributed by atoms with Crippen molar-refractivity contribution in [1.29, 1.82) is 0 Å². The van der Waals surface area contributed by atoms with Gasteiger partial charge in [-0.2, -0.15) is 0 Å². The van der Waals surface area contributed by atoms with E-state index in [1.165, 1.54) is 12.8 Å². The second-order valence-electron chi connectivity index (χ2n) is 8.18. The number of hydrogen-bond donors (Lipinski definition) is 1. The summed E-state index contributed by atoms with van der Waals surface area (Å²) in [5, 5.41) is 3.03. The van der Waals surface area contributed by atoms with Crippen LogP contribution in [0.5, 0.6) is 0 Å². The average Bonchev–Trinajstić information content (AvgIpc) is 2.74. The van der Waals surface area contributed by atoms with E-state index in [9.17, 15) is 9.59 Å². The third-order valence-corrected chi connectivity index (χ3v) is 5.87. The number of benzene rings is 2. The fourth-order valence-corrected chi connectivity index (χ4v) is 4.31. The Labute approximate surface area is 172 Å². The number of cyclic esters (lactones) is 1. The Hall–Kier alpha value is -2.66. The Morgan fingerprint density at radius 3 is 2.83 bits per heavy atom. The van der Waals surface area contributed by atoms with E-state index in [1.54, 1.807) is 12.1 Å². The van der Waals surface area contributed by atoms with Gasteiger partial charge in [0, 0.05) is 31.6 Å². The maximum Gasteiger partial charge on any atom is 0.339 e. The van der Waals surface area contributed by atoms with E-state index in [0.717, 1.165) is 36.7 Å². The van der Waals surface area contributed by atoms with Gasteiger partial charge >= 0.3 is 5.97 Å². The molecular weight excluding hydrogens is 364 g/mol. The quantitative estimate of drug-likeness (QED) is 0.790. The number of nitrogens with one attached hydrogen (secondary N) is 1. The molecule has 2 atom stereocenters. The lowest BCUT2D eigenvalue weighted by atomic mass is 9.93. The molecular formula is C24H28N2O3. The van der Waals surface area contributed by atoms with Crippen molar-refractivity contribution in [3.8, 4) is 0 Å². The standard InChI is InChI=1S/C24H28N2O3/c1-17-6-5-12-26(16-17)13-11-25-23(27)19-9-10-21-20(14-19)15-22(29-24(21)28)18-7-3-2-4-8-18/h2-4,7-10,14,17,22H,5-6,11-13,15-16H2,1H3,(H,25,27). The number of likely N-dealkylation sites (tertiary alicyclic amines) is 1. The van der Waals surface area contributed by atoms with Crippen LogP contribution in [0, 0.1) is 5.92 Å². The van der Waals surface area contributed by atoms with Crippen LogP contribution in [0.25, 0.3) is 0 Å². The van der Waals surface area contributed by atoms with E-state index in [2.05, 4.69) is 17.1 Å². The van der Waals surface area contributed by atoms with Crippen LogP contribution in [0.2, 0.25) is 0 Å². The van der Waals surface area contributed by atoms with Crippen LogP contribution >= 0.6 is 0 Å². The first-order valence-corrected chi connectivity index (χ1v) is 10.5. The molecule has 1 fully saturated rings. The number of esters is 1. The van der Waals surface area contributed by atoms with E-state index >= 15 is 0 Å². The van der Waals surface area contributed by atoms with Crippen molar-refractivity contribution in [1.82, 2.24) is 10.2 Å². The van der Waals surface area contributed by atoms with Gasteiger partial charge in [-0.3, -0.25) is 4.79 Å². The fraction of sp³-hybridized carbons (Fsp3) is 0.417. The smallest absolute Gasteiger partial charge is 0.339 e. The molecule has 2 aliphatic rings. The monoisotopic (exact) mass is 392 g/mol. The zero-order valence-corrected chi connectivity index (χ0v) is 16.9. The molecule has 1 amide bonds. The topological polar surface area (TPSA) is 58.6 Å². The second-order valence-corrected chi connectivity index (χ2v) is 8.18. The maximum absolute atomic E-state index is 12.6. The van der Waals surface area contributed by atoms with Gasteiger partial charge in [0.25, 0.3) is 5.91 Å². The Bertz CT molecular complexity index is 881. The number of rotatable bonds is 5. The van der Waals surface area contributed by atoms with E-state index < -0.39 is 0 Å². The van der Waals surface area contributed by atoms with Gasteiger partial charge in [-0.05, 0) is 54.6 Å². The second kappa shape index (κ2) is 8.78. The summed E-state index contributed by atoms with van der Waals surface area (Å²) in [6.07, 6.45) is 2.80. The summed E-state index contributed by atoms with van der Waals surface area (Å²) in [6.45, 7) is 6.02. The van der Waals surface area contributed by atoms with Crippen molar-refractivity contribution in [2.75, 3.05) is 26.2 Å². The van der Waals surface area contributed by atoms with Crippen LogP contribution < -0.4 is 5.32 Å². The predicted molar refractivity (Wildman–Crippen MR) is 112 cm³/mol. The van der Waals surface area contributed by atoms with Crippen LogP contribution in [-0.4, -0.2) is 43.0 Å². The number of carbonyl (C=O) groups is 2. The molecule has 2 heterocycles. The highest BCUT2D eigenvalue weighted by molar-refractivity contribution is 5.97. The predicted octanol–water partition coefficient (Wildman–Crippen LogP) is 3.60. The Morgan fingerprint density at radius 2 is 2.03 bits per heavy atom. The lowest BCUT2D eigenvalue weighted by molar-refractivity contribution is 0.0252. The third kappa shape index (κ3) is 4.67. The average molecular weight is 392 g/mol. The van der Waals surface area contributed by atoms with Gasteiger partial charge in [-0.1, -0.05) is 37.3 Å². The highest BCUT2D eigenvalue weighted by Gasteiger charge is 2.28. The molecule has 29 heavy (non-hydrogen) atoms. The number of nitrogens with zero attached hydrogens (tertiary/aromatic N) is 1. The Balaban J connectivity index is 1.39. The molecule has 2 unspecified atom stereocenters. The zero-order valence-electron chi connectivity index (χ0n) is 16.9. The molecule has 0 radical (unpaired) electrons. The summed E-state index contributed by atoms with van der Waals surface area (Å²) in [6, 6.07) is 15.0. The summed E-state index contributed by atoms with van der Waals surface area (Å²) in [7, 11) is 0. The van der Waals surface area contributed by atoms with Gasteiger partial charge < -0.3 is 15.0 Å². The summed E-state index contributed by atoms with van der Waals surface area (Å²) in [5.41, 5.74) is 2.98. The van der Waals surface area contributed by atoms with Crippen molar-refractivity contribution in [3.05, 3.63) is 70.8 Å². The van der Waals surface area contributed by atoms with E-state index in [1.807, 2.05) is 36.4 Å². The molecule has 0 bridgehead atoms. The normalized spacial score (nSPS) is 21.9. The molecule has 2 aliphatic heterocycles. The van der Waals surface area contributed by atoms with Gasteiger partial charge in [-0.15, -0.1) is 0 Å². The van der Waals surface area contributed by atoms with Crippen molar-refractivity contribution in [3.63, 3.8) is 0 Å². The SMILES string of the molecule is CC1CCCN(CCNC(=O)c2ccc3c(c2)CC(c2ccccc2)OC3=O)C1. The van der Waals surface area contributed by atoms with Crippen molar-refractivity contribution >= 4 is 11.9 Å². The minimum absolute atomic E-state index is 0.0898. The number of hydrogen-bond acceptors (Lipinski definition) is 4. The number of carbonyl (C=O) groups excluding carboxylic acids is 2. The van der Waals surface area contributed by atoms with E-state index in [-0.39, 0.29) is 18.0 Å². The van der Waals surface area contributed by atoms with Crippen LogP contribution in [0.4, 0.5) is 0 Å². The van der Waals surface area contributed by atoms with Crippen molar-refractivity contribution < 1.29 is 14.3 Å². The minimum Gasteiger partial charge on any atom is -0.454 e. The maximum atomic E-state index is 12.6. The van der Waals surface area contributed by atoms with Crippen LogP contribution in [-0.2, 0) is 11.2 Å². The molecule has 1 N–H and O–H groups in total. The van der Waals surface area contributed by atoms with Crippen LogP contribution in [0.3, 0.4) is 0 Å². The minimum atomic E-state index is -0.328. The molecule has 5 nitrogen and oxygen atoms in total. The van der Waals surface area contributed by atoms with Crippen LogP contribution in [0.15, 0.2) is 48.5 Å². The summed E-state index contributed by atoms with van der Waals surface area (Å²) in [5.74, 6) is 0.316. The third-order valence-electron chi connectivity index (χ3n) is 5.87. The first-order valence-electron chi connectivity index (χ1n) is 10.5. The largest absolute Gasteiger partial charge is 0.454 e. The first-order chi connectivity index (χ1) is 14.1. The molecule has 0 aliphatic carbocycles. The molecule has 152 valence electrons. The summed E-state index contributed by atoms with van der Waals surface area (Å²) in [4.78, 5) is 27.4. The van der Waals surface area contributed by atoms with Gasteiger partial charge in [-0.25, -0.2) is 4.79 Å². The number of piperidine rings is 1. The van der Waals surface area contributed by atoms with Gasteiger partial charge in [0.1, 0.15) is 6.10 Å². The lowest BCUT2D eigenvalue weighted by Crippen LogP contribution is -2.40. The highest BCUT2D eigenvalue weighted by atomic mass is 16.5. The Kier molecular flexibility index (Phi) is 5.95. The molecule has 0 spiro atoms. The summed E-state index contributed by atoms with van der Waals surface area (Å²) >= 11 is 0. The Morgan fingerprint density at radius 1 is 1.21 bits per heavy atom. The van der Waals surface area contributed by atoms with Crippen molar-refractivity contribution in [2.24, 2.45) is 5.92 Å². The van der Waals surface area contributed by atoms with Gasteiger partial charge in [0.05, 0.1) is 5.56 Å². The number of fused-ring (bicyclic) bond motifs is 1. The fourth-order valence-electron chi connectivity index (χ4n) is 4.31. The van der Waals surface area contributed by atoms with Crippen LogP contribution in [0.1, 0.15) is 57.7 Å². The summed E-state index contributed by atoms with van der Waals surface area (Å²) < 4.78 is 5.59. The highest BCUT2D eigenvalue weighted by Crippen LogP contribution is 2.31. The van der Waals surface area contributed by atoms with Gasteiger partial charge in [0.15, 0.2) is 0 Å².